The predicted octanol–water partition coefficient (Wildman–Crippen LogP) is 4.21. The molecule has 2 aromatic carbocycles. The molecule has 0 unspecified atom stereocenters. The van der Waals surface area contributed by atoms with Gasteiger partial charge in [0, 0.05) is 61.1 Å². The van der Waals surface area contributed by atoms with E-state index in [1.54, 1.807) is 6.08 Å². The SMILES string of the molecule is CN(CCCNC(=O)/C=C/c1cn(CCC#N)c2ccccc12)c1ccccc1. The third-order valence-electron chi connectivity index (χ3n) is 4.86. The quantitative estimate of drug-likeness (QED) is 0.443. The zero-order valence-corrected chi connectivity index (χ0v) is 16.7. The molecule has 29 heavy (non-hydrogen) atoms. The summed E-state index contributed by atoms with van der Waals surface area (Å²) >= 11 is 0. The molecular weight excluding hydrogens is 360 g/mol. The summed E-state index contributed by atoms with van der Waals surface area (Å²) in [6.45, 7) is 2.15. The van der Waals surface area contributed by atoms with Gasteiger partial charge in [0.2, 0.25) is 5.91 Å². The Kier molecular flexibility index (Phi) is 7.07. The molecule has 0 radical (unpaired) electrons. The maximum atomic E-state index is 12.2. The normalized spacial score (nSPS) is 10.9. The zero-order valence-electron chi connectivity index (χ0n) is 16.7. The number of carbonyl (C=O) groups is 1. The van der Waals surface area contributed by atoms with E-state index in [9.17, 15) is 4.79 Å². The van der Waals surface area contributed by atoms with Gasteiger partial charge in [0.05, 0.1) is 12.5 Å². The van der Waals surface area contributed by atoms with Gasteiger partial charge in [-0.25, -0.2) is 0 Å². The highest BCUT2D eigenvalue weighted by Crippen LogP contribution is 2.22. The number of aryl methyl sites for hydroxylation is 1. The van der Waals surface area contributed by atoms with Gasteiger partial charge in [0.1, 0.15) is 0 Å². The van der Waals surface area contributed by atoms with E-state index in [1.165, 1.54) is 5.69 Å². The van der Waals surface area contributed by atoms with Crippen LogP contribution in [0.25, 0.3) is 17.0 Å². The number of hydrogen-bond acceptors (Lipinski definition) is 3. The Hall–Kier alpha value is -3.52. The minimum absolute atomic E-state index is 0.0961. The number of para-hydroxylation sites is 2. The van der Waals surface area contributed by atoms with Crippen molar-refractivity contribution in [2.75, 3.05) is 25.0 Å². The molecule has 0 aliphatic rings. The number of nitrogens with zero attached hydrogens (tertiary/aromatic N) is 3. The van der Waals surface area contributed by atoms with Crippen molar-refractivity contribution >= 4 is 28.6 Å². The van der Waals surface area contributed by atoms with Crippen molar-refractivity contribution < 1.29 is 4.79 Å². The molecule has 0 bridgehead atoms. The Labute approximate surface area is 171 Å². The van der Waals surface area contributed by atoms with E-state index in [0.717, 1.165) is 29.4 Å². The number of carbonyl (C=O) groups excluding carboxylic acids is 1. The van der Waals surface area contributed by atoms with E-state index in [-0.39, 0.29) is 5.91 Å². The average molecular weight is 386 g/mol. The number of nitrogens with one attached hydrogen (secondary N) is 1. The molecule has 0 aliphatic heterocycles. The van der Waals surface area contributed by atoms with E-state index < -0.39 is 0 Å². The lowest BCUT2D eigenvalue weighted by atomic mass is 10.1. The molecule has 1 heterocycles. The number of amides is 1. The molecule has 0 atom stereocenters. The van der Waals surface area contributed by atoms with Crippen LogP contribution in [-0.2, 0) is 11.3 Å². The lowest BCUT2D eigenvalue weighted by Crippen LogP contribution is -2.26. The van der Waals surface area contributed by atoms with Crippen LogP contribution < -0.4 is 10.2 Å². The molecule has 1 aromatic heterocycles. The molecule has 0 fully saturated rings. The van der Waals surface area contributed by atoms with Crippen LogP contribution in [0.3, 0.4) is 0 Å². The summed E-state index contributed by atoms with van der Waals surface area (Å²) in [7, 11) is 2.05. The molecule has 0 aliphatic carbocycles. The van der Waals surface area contributed by atoms with Crippen LogP contribution in [0, 0.1) is 11.3 Å². The second-order valence-electron chi connectivity index (χ2n) is 6.94. The van der Waals surface area contributed by atoms with Gasteiger partial charge in [0.15, 0.2) is 0 Å². The lowest BCUT2D eigenvalue weighted by molar-refractivity contribution is -0.116. The number of benzene rings is 2. The Morgan fingerprint density at radius 3 is 2.72 bits per heavy atom. The maximum Gasteiger partial charge on any atom is 0.244 e. The average Bonchev–Trinajstić information content (AvgIpc) is 3.12. The lowest BCUT2D eigenvalue weighted by Gasteiger charge is -2.18. The Bertz CT molecular complexity index is 1010. The van der Waals surface area contributed by atoms with Gasteiger partial charge in [0.25, 0.3) is 0 Å². The fourth-order valence-electron chi connectivity index (χ4n) is 3.33. The van der Waals surface area contributed by atoms with Gasteiger partial charge in [-0.2, -0.15) is 5.26 Å². The fourth-order valence-corrected chi connectivity index (χ4v) is 3.33. The topological polar surface area (TPSA) is 61.1 Å². The van der Waals surface area contributed by atoms with Crippen molar-refractivity contribution in [1.82, 2.24) is 9.88 Å². The Balaban J connectivity index is 1.52. The monoisotopic (exact) mass is 386 g/mol. The summed E-state index contributed by atoms with van der Waals surface area (Å²) < 4.78 is 2.07. The van der Waals surface area contributed by atoms with Crippen molar-refractivity contribution in [3.8, 4) is 6.07 Å². The van der Waals surface area contributed by atoms with Gasteiger partial charge in [-0.3, -0.25) is 4.79 Å². The third kappa shape index (κ3) is 5.49. The minimum atomic E-state index is -0.0961. The van der Waals surface area contributed by atoms with Crippen LogP contribution in [0.1, 0.15) is 18.4 Å². The highest BCUT2D eigenvalue weighted by Gasteiger charge is 2.06. The van der Waals surface area contributed by atoms with E-state index in [2.05, 4.69) is 40.0 Å². The van der Waals surface area contributed by atoms with E-state index in [1.807, 2.05) is 54.7 Å². The summed E-state index contributed by atoms with van der Waals surface area (Å²) in [6, 6.07) is 20.4. The second-order valence-corrected chi connectivity index (χ2v) is 6.94. The standard InChI is InChI=1S/C24H26N4O/c1-27(21-9-3-2-4-10-21)17-8-16-26-24(29)14-13-20-19-28(18-7-15-25)23-12-6-5-11-22(20)23/h2-6,9-14,19H,7-8,16-18H2,1H3,(H,26,29)/b14-13+. The summed E-state index contributed by atoms with van der Waals surface area (Å²) in [4.78, 5) is 14.4. The van der Waals surface area contributed by atoms with E-state index >= 15 is 0 Å². The van der Waals surface area contributed by atoms with Crippen LogP contribution in [0.4, 0.5) is 5.69 Å². The van der Waals surface area contributed by atoms with Gasteiger partial charge in [-0.15, -0.1) is 0 Å². The molecule has 1 N–H and O–H groups in total. The first-order valence-corrected chi connectivity index (χ1v) is 9.86. The van der Waals surface area contributed by atoms with Crippen molar-refractivity contribution in [2.24, 2.45) is 0 Å². The molecule has 1 amide bonds. The van der Waals surface area contributed by atoms with Crippen molar-refractivity contribution in [2.45, 2.75) is 19.4 Å². The van der Waals surface area contributed by atoms with Crippen LogP contribution in [0.5, 0.6) is 0 Å². The number of aromatic nitrogens is 1. The van der Waals surface area contributed by atoms with Crippen LogP contribution in [0.15, 0.2) is 66.9 Å². The first-order chi connectivity index (χ1) is 14.2. The first-order valence-electron chi connectivity index (χ1n) is 9.86. The molecule has 5 heteroatoms. The van der Waals surface area contributed by atoms with Crippen molar-refractivity contribution in [3.63, 3.8) is 0 Å². The van der Waals surface area contributed by atoms with E-state index in [4.69, 9.17) is 5.26 Å². The summed E-state index contributed by atoms with van der Waals surface area (Å²) in [5.74, 6) is -0.0961. The van der Waals surface area contributed by atoms with Crippen LogP contribution >= 0.6 is 0 Å². The first kappa shape index (κ1) is 20.2. The zero-order chi connectivity index (χ0) is 20.5. The van der Waals surface area contributed by atoms with Crippen molar-refractivity contribution in [1.29, 1.82) is 5.26 Å². The second kappa shape index (κ2) is 10.1. The van der Waals surface area contributed by atoms with Crippen molar-refractivity contribution in [3.05, 3.63) is 72.4 Å². The summed E-state index contributed by atoms with van der Waals surface area (Å²) in [5.41, 5.74) is 3.23. The highest BCUT2D eigenvalue weighted by atomic mass is 16.1. The maximum absolute atomic E-state index is 12.2. The number of anilines is 1. The van der Waals surface area contributed by atoms with Gasteiger partial charge >= 0.3 is 0 Å². The minimum Gasteiger partial charge on any atom is -0.375 e. The largest absolute Gasteiger partial charge is 0.375 e. The fraction of sp³-hybridized carbons (Fsp3) is 0.250. The molecule has 5 nitrogen and oxygen atoms in total. The molecule has 3 aromatic rings. The van der Waals surface area contributed by atoms with Gasteiger partial charge < -0.3 is 14.8 Å². The molecule has 148 valence electrons. The Morgan fingerprint density at radius 1 is 1.17 bits per heavy atom. The van der Waals surface area contributed by atoms with Crippen LogP contribution in [-0.4, -0.2) is 30.6 Å². The smallest absolute Gasteiger partial charge is 0.244 e. The predicted molar refractivity (Wildman–Crippen MR) is 119 cm³/mol. The Morgan fingerprint density at radius 2 is 1.93 bits per heavy atom. The van der Waals surface area contributed by atoms with Gasteiger partial charge in [-0.05, 0) is 30.7 Å². The number of rotatable bonds is 9. The molecule has 0 saturated carbocycles. The number of hydrogen-bond donors (Lipinski definition) is 1. The van der Waals surface area contributed by atoms with Gasteiger partial charge in [-0.1, -0.05) is 36.4 Å². The molecule has 0 spiro atoms. The molecule has 0 saturated heterocycles. The van der Waals surface area contributed by atoms with Crippen LogP contribution in [0.2, 0.25) is 0 Å². The summed E-state index contributed by atoms with van der Waals surface area (Å²) in [6.07, 6.45) is 6.76. The number of nitriles is 1. The molecular formula is C24H26N4O. The third-order valence-corrected chi connectivity index (χ3v) is 4.86. The summed E-state index contributed by atoms with van der Waals surface area (Å²) in [5, 5.41) is 12.9. The molecule has 3 rings (SSSR count). The van der Waals surface area contributed by atoms with E-state index in [0.29, 0.717) is 19.5 Å². The number of fused-ring (bicyclic) bond motifs is 1. The highest BCUT2D eigenvalue weighted by molar-refractivity contribution is 5.96.